The van der Waals surface area contributed by atoms with Crippen LogP contribution in [0, 0.1) is 5.92 Å². The van der Waals surface area contributed by atoms with Crippen molar-refractivity contribution in [2.45, 2.75) is 38.3 Å². The number of nitrogens with one attached hydrogen (secondary N) is 1. The number of likely N-dealkylation sites (tertiary alicyclic amines) is 1. The van der Waals surface area contributed by atoms with Gasteiger partial charge in [-0.25, -0.2) is 13.1 Å². The van der Waals surface area contributed by atoms with Crippen molar-refractivity contribution in [1.82, 2.24) is 9.62 Å². The third kappa shape index (κ3) is 5.03. The quantitative estimate of drug-likeness (QED) is 0.805. The molecule has 24 heavy (non-hydrogen) atoms. The first-order valence-corrected chi connectivity index (χ1v) is 10.2. The zero-order valence-electron chi connectivity index (χ0n) is 14.3. The molecule has 1 aliphatic rings. The molecule has 0 saturated carbocycles. The molecule has 1 saturated heterocycles. The molecule has 1 amide bonds. The summed E-state index contributed by atoms with van der Waals surface area (Å²) in [6.45, 7) is 2.76. The highest BCUT2D eigenvalue weighted by molar-refractivity contribution is 7.88. The van der Waals surface area contributed by atoms with Gasteiger partial charge in [0.2, 0.25) is 15.9 Å². The number of amides is 1. The smallest absolute Gasteiger partial charge is 0.227 e. The van der Waals surface area contributed by atoms with Gasteiger partial charge in [0.1, 0.15) is 0 Å². The van der Waals surface area contributed by atoms with Crippen molar-refractivity contribution in [1.29, 1.82) is 0 Å². The molecule has 0 bridgehead atoms. The second-order valence-electron chi connectivity index (χ2n) is 6.53. The molecule has 1 heterocycles. The molecule has 7 heteroatoms. The molecule has 134 valence electrons. The average molecular weight is 353 g/mol. The van der Waals surface area contributed by atoms with Crippen LogP contribution in [-0.2, 0) is 14.8 Å². The molecule has 0 aromatic heterocycles. The molecular formula is C17H27N3O3S. The van der Waals surface area contributed by atoms with E-state index in [1.165, 1.54) is 0 Å². The first kappa shape index (κ1) is 18.9. The van der Waals surface area contributed by atoms with Crippen LogP contribution in [0.25, 0.3) is 0 Å². The largest absolute Gasteiger partial charge is 0.338 e. The highest BCUT2D eigenvalue weighted by atomic mass is 32.2. The minimum atomic E-state index is -3.26. The SMILES string of the molecule is CC(C(=O)N1CCCCC1CNS(C)(=O)=O)C(N)c1ccccc1. The predicted octanol–water partition coefficient (Wildman–Crippen LogP) is 1.25. The fourth-order valence-electron chi connectivity index (χ4n) is 3.13. The summed E-state index contributed by atoms with van der Waals surface area (Å²) in [5.41, 5.74) is 7.21. The molecule has 1 aromatic carbocycles. The zero-order valence-corrected chi connectivity index (χ0v) is 15.1. The van der Waals surface area contributed by atoms with Crippen molar-refractivity contribution < 1.29 is 13.2 Å². The van der Waals surface area contributed by atoms with Crippen LogP contribution in [0.2, 0.25) is 0 Å². The third-order valence-corrected chi connectivity index (χ3v) is 5.30. The standard InChI is InChI=1S/C17H27N3O3S/c1-13(16(18)14-8-4-3-5-9-14)17(21)20-11-7-6-10-15(20)12-19-24(2,22)23/h3-5,8-9,13,15-16,19H,6-7,10-12,18H2,1-2H3. The van der Waals surface area contributed by atoms with Crippen molar-refractivity contribution in [3.63, 3.8) is 0 Å². The Hall–Kier alpha value is -1.44. The summed E-state index contributed by atoms with van der Waals surface area (Å²) >= 11 is 0. The number of carbonyl (C=O) groups is 1. The molecule has 6 nitrogen and oxygen atoms in total. The summed E-state index contributed by atoms with van der Waals surface area (Å²) < 4.78 is 25.2. The molecule has 1 aliphatic heterocycles. The molecule has 3 unspecified atom stereocenters. The summed E-state index contributed by atoms with van der Waals surface area (Å²) in [7, 11) is -3.26. The van der Waals surface area contributed by atoms with E-state index >= 15 is 0 Å². The van der Waals surface area contributed by atoms with E-state index < -0.39 is 10.0 Å². The number of benzene rings is 1. The first-order chi connectivity index (χ1) is 11.3. The van der Waals surface area contributed by atoms with Crippen LogP contribution in [0.4, 0.5) is 0 Å². The molecule has 3 N–H and O–H groups in total. The zero-order chi connectivity index (χ0) is 17.7. The number of hydrogen-bond donors (Lipinski definition) is 2. The third-order valence-electron chi connectivity index (χ3n) is 4.60. The fourth-order valence-corrected chi connectivity index (χ4v) is 3.62. The molecule has 1 aromatic rings. The number of sulfonamides is 1. The van der Waals surface area contributed by atoms with Gasteiger partial charge in [-0.2, -0.15) is 0 Å². The van der Waals surface area contributed by atoms with Crippen LogP contribution in [0.3, 0.4) is 0 Å². The Morgan fingerprint density at radius 2 is 2.00 bits per heavy atom. The normalized spacial score (nSPS) is 21.3. The van der Waals surface area contributed by atoms with E-state index in [4.69, 9.17) is 5.73 Å². The number of hydrogen-bond acceptors (Lipinski definition) is 4. The van der Waals surface area contributed by atoms with Gasteiger partial charge in [-0.1, -0.05) is 37.3 Å². The minimum Gasteiger partial charge on any atom is -0.338 e. The lowest BCUT2D eigenvalue weighted by atomic mass is 9.92. The van der Waals surface area contributed by atoms with Crippen molar-refractivity contribution in [3.05, 3.63) is 35.9 Å². The Bertz CT molecular complexity index is 648. The molecule has 0 aliphatic carbocycles. The summed E-state index contributed by atoms with van der Waals surface area (Å²) in [4.78, 5) is 14.7. The Kier molecular flexibility index (Phi) is 6.37. The maximum Gasteiger partial charge on any atom is 0.227 e. The Morgan fingerprint density at radius 3 is 2.62 bits per heavy atom. The van der Waals surface area contributed by atoms with Crippen molar-refractivity contribution in [3.8, 4) is 0 Å². The van der Waals surface area contributed by atoms with Gasteiger partial charge in [0.25, 0.3) is 0 Å². The van der Waals surface area contributed by atoms with Gasteiger partial charge in [0.15, 0.2) is 0 Å². The lowest BCUT2D eigenvalue weighted by Crippen LogP contribution is -2.51. The second-order valence-corrected chi connectivity index (χ2v) is 8.36. The molecule has 2 rings (SSSR count). The van der Waals surface area contributed by atoms with Crippen molar-refractivity contribution in [2.24, 2.45) is 11.7 Å². The van der Waals surface area contributed by atoms with Gasteiger partial charge in [-0.05, 0) is 24.8 Å². The van der Waals surface area contributed by atoms with E-state index in [9.17, 15) is 13.2 Å². The van der Waals surface area contributed by atoms with Gasteiger partial charge >= 0.3 is 0 Å². The van der Waals surface area contributed by atoms with Crippen LogP contribution in [0.1, 0.15) is 37.8 Å². The number of piperidine rings is 1. The minimum absolute atomic E-state index is 0.00801. The molecule has 0 radical (unpaired) electrons. The fraction of sp³-hybridized carbons (Fsp3) is 0.588. The number of nitrogens with two attached hydrogens (primary N) is 1. The van der Waals surface area contributed by atoms with Crippen molar-refractivity contribution in [2.75, 3.05) is 19.3 Å². The topological polar surface area (TPSA) is 92.5 Å². The Labute approximate surface area is 144 Å². The van der Waals surface area contributed by atoms with E-state index in [0.717, 1.165) is 31.1 Å². The Balaban J connectivity index is 2.07. The van der Waals surface area contributed by atoms with E-state index in [1.54, 1.807) is 4.90 Å². The van der Waals surface area contributed by atoms with Gasteiger partial charge in [0, 0.05) is 25.2 Å². The molecule has 0 spiro atoms. The monoisotopic (exact) mass is 353 g/mol. The Morgan fingerprint density at radius 1 is 1.33 bits per heavy atom. The van der Waals surface area contributed by atoms with Gasteiger partial charge in [0.05, 0.1) is 12.2 Å². The van der Waals surface area contributed by atoms with Gasteiger partial charge < -0.3 is 10.6 Å². The maximum atomic E-state index is 12.9. The van der Waals surface area contributed by atoms with E-state index in [0.29, 0.717) is 6.54 Å². The lowest BCUT2D eigenvalue weighted by Gasteiger charge is -2.38. The van der Waals surface area contributed by atoms with Crippen LogP contribution in [0.15, 0.2) is 30.3 Å². The summed E-state index contributed by atoms with van der Waals surface area (Å²) in [6, 6.07) is 9.11. The lowest BCUT2D eigenvalue weighted by molar-refractivity contribution is -0.139. The van der Waals surface area contributed by atoms with Crippen LogP contribution < -0.4 is 10.5 Å². The van der Waals surface area contributed by atoms with Crippen molar-refractivity contribution >= 4 is 15.9 Å². The number of nitrogens with zero attached hydrogens (tertiary/aromatic N) is 1. The summed E-state index contributed by atoms with van der Waals surface area (Å²) in [5.74, 6) is -0.363. The second kappa shape index (κ2) is 8.09. The van der Waals surface area contributed by atoms with E-state index in [1.807, 2.05) is 37.3 Å². The average Bonchev–Trinajstić information content (AvgIpc) is 2.58. The van der Waals surface area contributed by atoms with Gasteiger partial charge in [-0.15, -0.1) is 0 Å². The predicted molar refractivity (Wildman–Crippen MR) is 94.7 cm³/mol. The highest BCUT2D eigenvalue weighted by Crippen LogP contribution is 2.25. The van der Waals surface area contributed by atoms with Crippen LogP contribution >= 0.6 is 0 Å². The molecule has 1 fully saturated rings. The maximum absolute atomic E-state index is 12.9. The van der Waals surface area contributed by atoms with Crippen LogP contribution in [0.5, 0.6) is 0 Å². The van der Waals surface area contributed by atoms with E-state index in [-0.39, 0.29) is 30.5 Å². The highest BCUT2D eigenvalue weighted by Gasteiger charge is 2.32. The first-order valence-electron chi connectivity index (χ1n) is 8.35. The van der Waals surface area contributed by atoms with Gasteiger partial charge in [-0.3, -0.25) is 4.79 Å². The van der Waals surface area contributed by atoms with Crippen LogP contribution in [-0.4, -0.2) is 44.6 Å². The molecule has 3 atom stereocenters. The molecular weight excluding hydrogens is 326 g/mol. The van der Waals surface area contributed by atoms with E-state index in [2.05, 4.69) is 4.72 Å². The summed E-state index contributed by atoms with van der Waals surface area (Å²) in [6.07, 6.45) is 3.88. The summed E-state index contributed by atoms with van der Waals surface area (Å²) in [5, 5.41) is 0. The number of carbonyl (C=O) groups excluding carboxylic acids is 1. The number of rotatable bonds is 6.